The van der Waals surface area contributed by atoms with Crippen molar-refractivity contribution >= 4 is 23.9 Å². The van der Waals surface area contributed by atoms with Crippen LogP contribution in [-0.2, 0) is 28.7 Å². The number of carboxylic acid groups (broad SMARTS) is 2. The van der Waals surface area contributed by atoms with Gasteiger partial charge >= 0.3 is 71.1 Å². The summed E-state index contributed by atoms with van der Waals surface area (Å²) in [5.74, 6) is -3.31. The van der Waals surface area contributed by atoms with Crippen molar-refractivity contribution in [1.29, 1.82) is 0 Å². The third-order valence-corrected chi connectivity index (χ3v) is 5.09. The SMILES string of the molecule is CCCCCCCCCOC(=O)CCC(=O)[O-].CCCCCCCCCOC(=O)CCC(=O)[O-].[Na+].[Na+]. The van der Waals surface area contributed by atoms with Crippen molar-refractivity contribution in [2.24, 2.45) is 0 Å². The molecule has 0 aromatic heterocycles. The molecule has 0 bridgehead atoms. The average Bonchev–Trinajstić information content (AvgIpc) is 2.80. The Bertz CT molecular complexity index is 484. The van der Waals surface area contributed by atoms with Gasteiger partial charge in [-0.3, -0.25) is 9.59 Å². The number of hydrogen-bond acceptors (Lipinski definition) is 8. The number of carbonyl (C=O) groups excluding carboxylic acids is 4. The maximum absolute atomic E-state index is 11.0. The molecule has 0 unspecified atom stereocenters. The van der Waals surface area contributed by atoms with E-state index in [0.717, 1.165) is 25.7 Å². The molecule has 200 valence electrons. The van der Waals surface area contributed by atoms with Crippen molar-refractivity contribution in [3.63, 3.8) is 0 Å². The maximum atomic E-state index is 11.0. The van der Waals surface area contributed by atoms with E-state index < -0.39 is 23.9 Å². The van der Waals surface area contributed by atoms with Crippen LogP contribution in [0.5, 0.6) is 0 Å². The second kappa shape index (κ2) is 34.9. The molecule has 0 aromatic carbocycles. The molecule has 0 N–H and O–H groups in total. The molecule has 0 aliphatic carbocycles. The summed E-state index contributed by atoms with van der Waals surface area (Å²) in [5.41, 5.74) is 0. The van der Waals surface area contributed by atoms with Gasteiger partial charge in [0.25, 0.3) is 0 Å². The Morgan fingerprint density at radius 2 is 0.750 bits per heavy atom. The van der Waals surface area contributed by atoms with E-state index in [9.17, 15) is 29.4 Å². The first-order valence-corrected chi connectivity index (χ1v) is 13.0. The summed E-state index contributed by atoms with van der Waals surface area (Å²) in [5, 5.41) is 20.2. The minimum atomic E-state index is -1.21. The largest absolute Gasteiger partial charge is 1.00 e. The Kier molecular flexibility index (Phi) is 41.6. The first-order valence-electron chi connectivity index (χ1n) is 13.0. The monoisotopic (exact) mass is 532 g/mol. The van der Waals surface area contributed by atoms with Crippen LogP contribution in [0.4, 0.5) is 0 Å². The Morgan fingerprint density at radius 3 is 1.03 bits per heavy atom. The number of ether oxygens (including phenoxy) is 2. The van der Waals surface area contributed by atoms with Gasteiger partial charge in [-0.05, 0) is 25.7 Å². The predicted molar refractivity (Wildman–Crippen MR) is 126 cm³/mol. The topological polar surface area (TPSA) is 133 Å². The molecule has 36 heavy (non-hydrogen) atoms. The fraction of sp³-hybridized carbons (Fsp3) is 0.846. The minimum absolute atomic E-state index is 0. The number of rotatable bonds is 22. The van der Waals surface area contributed by atoms with Gasteiger partial charge in [0.1, 0.15) is 0 Å². The molecular weight excluding hydrogens is 486 g/mol. The van der Waals surface area contributed by atoms with Crippen molar-refractivity contribution in [2.45, 2.75) is 129 Å². The summed E-state index contributed by atoms with van der Waals surface area (Å²) in [4.78, 5) is 42.2. The van der Waals surface area contributed by atoms with E-state index in [-0.39, 0.29) is 84.8 Å². The van der Waals surface area contributed by atoms with Crippen molar-refractivity contribution in [1.82, 2.24) is 0 Å². The zero-order chi connectivity index (χ0) is 25.9. The number of carboxylic acids is 2. The fourth-order valence-electron chi connectivity index (χ4n) is 3.04. The van der Waals surface area contributed by atoms with Crippen LogP contribution >= 0.6 is 0 Å². The van der Waals surface area contributed by atoms with Crippen molar-refractivity contribution in [3.05, 3.63) is 0 Å². The summed E-state index contributed by atoms with van der Waals surface area (Å²) in [6.07, 6.45) is 15.7. The Hall–Kier alpha value is -0.120. The van der Waals surface area contributed by atoms with Gasteiger partial charge < -0.3 is 29.3 Å². The zero-order valence-corrected chi connectivity index (χ0v) is 27.4. The van der Waals surface area contributed by atoms with E-state index in [1.54, 1.807) is 0 Å². The van der Waals surface area contributed by atoms with Crippen LogP contribution in [0, 0.1) is 0 Å². The van der Waals surface area contributed by atoms with E-state index in [1.165, 1.54) is 64.2 Å². The van der Waals surface area contributed by atoms with E-state index >= 15 is 0 Å². The second-order valence-corrected chi connectivity index (χ2v) is 8.43. The molecule has 0 saturated carbocycles. The molecule has 0 saturated heterocycles. The van der Waals surface area contributed by atoms with Crippen LogP contribution in [0.15, 0.2) is 0 Å². The van der Waals surface area contributed by atoms with Crippen molar-refractivity contribution in [3.8, 4) is 0 Å². The van der Waals surface area contributed by atoms with E-state index in [4.69, 9.17) is 9.47 Å². The van der Waals surface area contributed by atoms with E-state index in [2.05, 4.69) is 13.8 Å². The standard InChI is InChI=1S/2C13H24O4.2Na/c2*1-2-3-4-5-6-7-8-11-17-13(16)10-9-12(14)15;;/h2*2-11H2,1H3,(H,14,15);;/q;;2*+1/p-2. The molecule has 0 aromatic rings. The quantitative estimate of drug-likeness (QED) is 0.0859. The molecule has 0 spiro atoms. The van der Waals surface area contributed by atoms with Gasteiger partial charge in [0.05, 0.1) is 26.1 Å². The molecule has 0 heterocycles. The van der Waals surface area contributed by atoms with Crippen LogP contribution in [-0.4, -0.2) is 37.1 Å². The third-order valence-electron chi connectivity index (χ3n) is 5.09. The molecule has 0 aliphatic rings. The number of esters is 2. The fourth-order valence-corrected chi connectivity index (χ4v) is 3.04. The number of hydrogen-bond donors (Lipinski definition) is 0. The van der Waals surface area contributed by atoms with E-state index in [0.29, 0.717) is 13.2 Å². The average molecular weight is 533 g/mol. The number of aliphatic carboxylic acids is 2. The normalized spacial score (nSPS) is 9.61. The van der Waals surface area contributed by atoms with Crippen LogP contribution in [0.2, 0.25) is 0 Å². The molecule has 0 atom stereocenters. The summed E-state index contributed by atoms with van der Waals surface area (Å²) in [6.45, 7) is 5.18. The van der Waals surface area contributed by atoms with Gasteiger partial charge in [-0.25, -0.2) is 0 Å². The number of carbonyl (C=O) groups is 4. The first-order chi connectivity index (χ1) is 16.3. The van der Waals surface area contributed by atoms with Crippen molar-refractivity contribution < 1.29 is 98.0 Å². The minimum Gasteiger partial charge on any atom is -0.550 e. The summed E-state index contributed by atoms with van der Waals surface area (Å²) in [7, 11) is 0. The van der Waals surface area contributed by atoms with Gasteiger partial charge in [-0.2, -0.15) is 0 Å². The third kappa shape index (κ3) is 41.0. The zero-order valence-electron chi connectivity index (χ0n) is 23.4. The summed E-state index contributed by atoms with van der Waals surface area (Å²) in [6, 6.07) is 0. The van der Waals surface area contributed by atoms with Crippen LogP contribution < -0.4 is 69.3 Å². The molecule has 8 nitrogen and oxygen atoms in total. The maximum Gasteiger partial charge on any atom is 1.00 e. The Balaban J connectivity index is -0.000000269. The molecule has 0 amide bonds. The molecule has 0 aliphatic heterocycles. The number of unbranched alkanes of at least 4 members (excludes halogenated alkanes) is 12. The van der Waals surface area contributed by atoms with Crippen molar-refractivity contribution in [2.75, 3.05) is 13.2 Å². The molecule has 0 radical (unpaired) electrons. The first kappa shape index (κ1) is 43.0. The van der Waals surface area contributed by atoms with Gasteiger partial charge in [0, 0.05) is 11.9 Å². The predicted octanol–water partition coefficient (Wildman–Crippen LogP) is -2.37. The van der Waals surface area contributed by atoms with Crippen LogP contribution in [0.25, 0.3) is 0 Å². The van der Waals surface area contributed by atoms with Gasteiger partial charge in [0.2, 0.25) is 0 Å². The molecular formula is C26H46Na2O8. The summed E-state index contributed by atoms with van der Waals surface area (Å²) < 4.78 is 9.78. The van der Waals surface area contributed by atoms with E-state index in [1.807, 2.05) is 0 Å². The Labute approximate surface area is 262 Å². The Morgan fingerprint density at radius 1 is 0.472 bits per heavy atom. The van der Waals surface area contributed by atoms with Gasteiger partial charge in [0.15, 0.2) is 0 Å². The molecule has 0 rings (SSSR count). The second-order valence-electron chi connectivity index (χ2n) is 8.43. The summed E-state index contributed by atoms with van der Waals surface area (Å²) >= 11 is 0. The van der Waals surface area contributed by atoms with Gasteiger partial charge in [-0.1, -0.05) is 90.9 Å². The van der Waals surface area contributed by atoms with Crippen LogP contribution in [0.1, 0.15) is 129 Å². The smallest absolute Gasteiger partial charge is 0.550 e. The van der Waals surface area contributed by atoms with Crippen LogP contribution in [0.3, 0.4) is 0 Å². The molecule has 0 fully saturated rings. The molecule has 10 heteroatoms. The van der Waals surface area contributed by atoms with Gasteiger partial charge in [-0.15, -0.1) is 0 Å².